The maximum Gasteiger partial charge on any atom is 0.240 e. The van der Waals surface area contributed by atoms with Crippen LogP contribution in [0.4, 0.5) is 0 Å². The van der Waals surface area contributed by atoms with Crippen molar-refractivity contribution in [2.45, 2.75) is 19.9 Å². The lowest BCUT2D eigenvalue weighted by Crippen LogP contribution is -2.23. The average molecular weight is 185 g/mol. The lowest BCUT2D eigenvalue weighted by Gasteiger charge is -2.07. The summed E-state index contributed by atoms with van der Waals surface area (Å²) in [5.41, 5.74) is 6.05. The molecule has 0 radical (unpaired) electrons. The van der Waals surface area contributed by atoms with Crippen LogP contribution in [0.25, 0.3) is 0 Å². The maximum absolute atomic E-state index is 10.8. The Balaban J connectivity index is 3.10. The number of nitrogens with zero attached hydrogens (tertiary/aromatic N) is 1. The Morgan fingerprint density at radius 2 is 2.42 bits per heavy atom. The van der Waals surface area contributed by atoms with Crippen molar-refractivity contribution in [3.63, 3.8) is 0 Å². The molecule has 0 aliphatic carbocycles. The quantitative estimate of drug-likeness (QED) is 0.672. The molecule has 5 heteroatoms. The van der Waals surface area contributed by atoms with Crippen molar-refractivity contribution in [3.05, 3.63) is 16.7 Å². The Labute approximate surface area is 75.4 Å². The SMILES string of the molecule is Cc1cn(C(C)C(N)=O)c(=S)[nH]1. The van der Waals surface area contributed by atoms with Crippen LogP contribution in [0.5, 0.6) is 0 Å². The molecule has 3 N–H and O–H groups in total. The molecule has 1 unspecified atom stereocenters. The van der Waals surface area contributed by atoms with Gasteiger partial charge < -0.3 is 15.3 Å². The van der Waals surface area contributed by atoms with Crippen LogP contribution in [0.3, 0.4) is 0 Å². The number of amides is 1. The lowest BCUT2D eigenvalue weighted by molar-refractivity contribution is -0.120. The molecule has 0 spiro atoms. The Hall–Kier alpha value is -1.10. The van der Waals surface area contributed by atoms with Crippen LogP contribution in [-0.4, -0.2) is 15.5 Å². The summed E-state index contributed by atoms with van der Waals surface area (Å²) in [6.07, 6.45) is 1.78. The number of aromatic nitrogens is 2. The Morgan fingerprint density at radius 3 is 2.75 bits per heavy atom. The highest BCUT2D eigenvalue weighted by molar-refractivity contribution is 7.71. The van der Waals surface area contributed by atoms with Crippen LogP contribution in [0.15, 0.2) is 6.20 Å². The fraction of sp³-hybridized carbons (Fsp3) is 0.429. The van der Waals surface area contributed by atoms with Crippen molar-refractivity contribution in [2.24, 2.45) is 5.73 Å². The van der Waals surface area contributed by atoms with Gasteiger partial charge in [0.15, 0.2) is 4.77 Å². The van der Waals surface area contributed by atoms with E-state index in [4.69, 9.17) is 18.0 Å². The second-order valence-corrected chi connectivity index (χ2v) is 3.11. The molecular weight excluding hydrogens is 174 g/mol. The van der Waals surface area contributed by atoms with Gasteiger partial charge in [0.25, 0.3) is 0 Å². The summed E-state index contributed by atoms with van der Waals surface area (Å²) in [4.78, 5) is 13.7. The highest BCUT2D eigenvalue weighted by atomic mass is 32.1. The molecular formula is C7H11N3OS. The van der Waals surface area contributed by atoms with Gasteiger partial charge in [-0.1, -0.05) is 0 Å². The van der Waals surface area contributed by atoms with Crippen molar-refractivity contribution in [2.75, 3.05) is 0 Å². The van der Waals surface area contributed by atoms with E-state index >= 15 is 0 Å². The van der Waals surface area contributed by atoms with Gasteiger partial charge in [-0.3, -0.25) is 4.79 Å². The molecule has 0 saturated heterocycles. The van der Waals surface area contributed by atoms with Crippen molar-refractivity contribution >= 4 is 18.1 Å². The van der Waals surface area contributed by atoms with E-state index in [0.717, 1.165) is 5.69 Å². The molecule has 12 heavy (non-hydrogen) atoms. The second kappa shape index (κ2) is 3.10. The van der Waals surface area contributed by atoms with E-state index in [1.807, 2.05) is 6.92 Å². The van der Waals surface area contributed by atoms with E-state index in [1.165, 1.54) is 0 Å². The summed E-state index contributed by atoms with van der Waals surface area (Å²) in [5.74, 6) is -0.384. The second-order valence-electron chi connectivity index (χ2n) is 2.73. The number of hydrogen-bond donors (Lipinski definition) is 2. The van der Waals surface area contributed by atoms with E-state index in [2.05, 4.69) is 4.98 Å². The molecule has 4 nitrogen and oxygen atoms in total. The zero-order valence-electron chi connectivity index (χ0n) is 7.00. The first kappa shape index (κ1) is 8.99. The number of primary amides is 1. The standard InChI is InChI=1S/C7H11N3OS/c1-4-3-10(7(12)9-4)5(2)6(8)11/h3,5H,1-2H3,(H2,8,11)(H,9,12). The topological polar surface area (TPSA) is 63.8 Å². The van der Waals surface area contributed by atoms with Gasteiger partial charge in [0.2, 0.25) is 5.91 Å². The monoisotopic (exact) mass is 185 g/mol. The summed E-state index contributed by atoms with van der Waals surface area (Å²) >= 11 is 4.97. The number of rotatable bonds is 2. The van der Waals surface area contributed by atoms with E-state index in [-0.39, 0.29) is 11.9 Å². The van der Waals surface area contributed by atoms with E-state index in [9.17, 15) is 4.79 Å². The van der Waals surface area contributed by atoms with Crippen LogP contribution in [0, 0.1) is 11.7 Å². The highest BCUT2D eigenvalue weighted by Crippen LogP contribution is 2.07. The normalized spacial score (nSPS) is 12.8. The molecule has 1 amide bonds. The predicted molar refractivity (Wildman–Crippen MR) is 48.3 cm³/mol. The predicted octanol–water partition coefficient (Wildman–Crippen LogP) is 0.900. The third-order valence-corrected chi connectivity index (χ3v) is 2.01. The molecule has 0 fully saturated rings. The minimum atomic E-state index is -0.387. The van der Waals surface area contributed by atoms with Gasteiger partial charge in [0.1, 0.15) is 6.04 Å². The van der Waals surface area contributed by atoms with Gasteiger partial charge in [-0.25, -0.2) is 0 Å². The first-order chi connectivity index (χ1) is 5.52. The van der Waals surface area contributed by atoms with Crippen LogP contribution in [0.2, 0.25) is 0 Å². The zero-order chi connectivity index (χ0) is 9.30. The minimum absolute atomic E-state index is 0.384. The molecule has 1 heterocycles. The third kappa shape index (κ3) is 1.55. The molecule has 0 bridgehead atoms. The number of carbonyl (C=O) groups excluding carboxylic acids is 1. The fourth-order valence-corrected chi connectivity index (χ4v) is 1.33. The number of carbonyl (C=O) groups is 1. The van der Waals surface area contributed by atoms with E-state index < -0.39 is 0 Å². The van der Waals surface area contributed by atoms with Gasteiger partial charge in [-0.05, 0) is 26.1 Å². The number of aromatic amines is 1. The number of H-pyrrole nitrogens is 1. The largest absolute Gasteiger partial charge is 0.368 e. The average Bonchev–Trinajstić information content (AvgIpc) is 2.28. The van der Waals surface area contributed by atoms with Gasteiger partial charge in [0, 0.05) is 11.9 Å². The van der Waals surface area contributed by atoms with Crippen molar-refractivity contribution in [1.82, 2.24) is 9.55 Å². The first-order valence-corrected chi connectivity index (χ1v) is 4.00. The van der Waals surface area contributed by atoms with Crippen LogP contribution < -0.4 is 5.73 Å². The lowest BCUT2D eigenvalue weighted by atomic mass is 10.3. The number of nitrogens with two attached hydrogens (primary N) is 1. The molecule has 0 aliphatic heterocycles. The van der Waals surface area contributed by atoms with Crippen molar-refractivity contribution in [3.8, 4) is 0 Å². The summed E-state index contributed by atoms with van der Waals surface area (Å²) in [6.45, 7) is 3.59. The number of hydrogen-bond acceptors (Lipinski definition) is 2. The molecule has 1 atom stereocenters. The van der Waals surface area contributed by atoms with E-state index in [0.29, 0.717) is 4.77 Å². The number of aryl methyl sites for hydroxylation is 1. The van der Waals surface area contributed by atoms with Crippen molar-refractivity contribution < 1.29 is 4.79 Å². The zero-order valence-corrected chi connectivity index (χ0v) is 7.81. The van der Waals surface area contributed by atoms with E-state index in [1.54, 1.807) is 17.7 Å². The van der Waals surface area contributed by atoms with Gasteiger partial charge in [-0.15, -0.1) is 0 Å². The molecule has 66 valence electrons. The molecule has 1 aromatic heterocycles. The first-order valence-electron chi connectivity index (χ1n) is 3.59. The Kier molecular flexibility index (Phi) is 2.32. The van der Waals surface area contributed by atoms with Gasteiger partial charge in [-0.2, -0.15) is 0 Å². The molecule has 0 aromatic carbocycles. The highest BCUT2D eigenvalue weighted by Gasteiger charge is 2.11. The summed E-state index contributed by atoms with van der Waals surface area (Å²) in [5, 5.41) is 0. The Morgan fingerprint density at radius 1 is 1.83 bits per heavy atom. The third-order valence-electron chi connectivity index (χ3n) is 1.70. The number of imidazole rings is 1. The van der Waals surface area contributed by atoms with Crippen LogP contribution in [0.1, 0.15) is 18.7 Å². The molecule has 1 rings (SSSR count). The molecule has 1 aromatic rings. The Bertz CT molecular complexity index is 352. The maximum atomic E-state index is 10.8. The number of nitrogens with one attached hydrogen (secondary N) is 1. The van der Waals surface area contributed by atoms with Gasteiger partial charge >= 0.3 is 0 Å². The summed E-state index contributed by atoms with van der Waals surface area (Å²) < 4.78 is 2.17. The summed E-state index contributed by atoms with van der Waals surface area (Å²) in [7, 11) is 0. The fourth-order valence-electron chi connectivity index (χ4n) is 0.958. The molecule has 0 saturated carbocycles. The minimum Gasteiger partial charge on any atom is -0.368 e. The summed E-state index contributed by atoms with van der Waals surface area (Å²) in [6, 6.07) is -0.387. The van der Waals surface area contributed by atoms with Crippen molar-refractivity contribution in [1.29, 1.82) is 0 Å². The van der Waals surface area contributed by atoms with Gasteiger partial charge in [0.05, 0.1) is 0 Å². The molecule has 0 aliphatic rings. The smallest absolute Gasteiger partial charge is 0.240 e. The van der Waals surface area contributed by atoms with Crippen LogP contribution in [-0.2, 0) is 4.79 Å². The van der Waals surface area contributed by atoms with Crippen LogP contribution >= 0.6 is 12.2 Å².